The molecule has 0 bridgehead atoms. The molecule has 0 aromatic heterocycles. The van der Waals surface area contributed by atoms with Gasteiger partial charge < -0.3 is 10.2 Å². The van der Waals surface area contributed by atoms with Crippen molar-refractivity contribution >= 4 is 11.8 Å². The summed E-state index contributed by atoms with van der Waals surface area (Å²) in [6, 6.07) is -0.355. The minimum Gasteiger partial charge on any atom is -0.345 e. The predicted octanol–water partition coefficient (Wildman–Crippen LogP) is 2.08. The van der Waals surface area contributed by atoms with Gasteiger partial charge in [-0.3, -0.25) is 9.59 Å². The largest absolute Gasteiger partial charge is 0.345 e. The molecule has 0 spiro atoms. The van der Waals surface area contributed by atoms with Crippen LogP contribution < -0.4 is 5.32 Å². The first-order valence-electron chi connectivity index (χ1n) is 7.16. The third-order valence-corrected chi connectivity index (χ3v) is 3.55. The molecule has 18 heavy (non-hydrogen) atoms. The van der Waals surface area contributed by atoms with Crippen LogP contribution in [-0.2, 0) is 9.59 Å². The molecule has 1 heterocycles. The number of hydrogen-bond acceptors (Lipinski definition) is 2. The molecule has 1 rings (SSSR count). The quantitative estimate of drug-likeness (QED) is 0.738. The molecule has 0 aromatic rings. The van der Waals surface area contributed by atoms with E-state index in [0.717, 1.165) is 13.0 Å². The first-order chi connectivity index (χ1) is 8.56. The monoisotopic (exact) mass is 254 g/mol. The fourth-order valence-electron chi connectivity index (χ4n) is 2.42. The normalized spacial score (nSPS) is 24.9. The Bertz CT molecular complexity index is 292. The summed E-state index contributed by atoms with van der Waals surface area (Å²) in [5, 5.41) is 2.73. The van der Waals surface area contributed by atoms with Crippen molar-refractivity contribution in [3.63, 3.8) is 0 Å². The molecule has 0 saturated carbocycles. The molecule has 0 radical (unpaired) electrons. The van der Waals surface area contributed by atoms with E-state index in [-0.39, 0.29) is 23.9 Å². The van der Waals surface area contributed by atoms with Gasteiger partial charge in [-0.25, -0.2) is 0 Å². The number of amides is 2. The molecule has 2 unspecified atom stereocenters. The summed E-state index contributed by atoms with van der Waals surface area (Å²) in [6.07, 6.45) is 6.36. The van der Waals surface area contributed by atoms with Gasteiger partial charge in [-0.15, -0.1) is 0 Å². The van der Waals surface area contributed by atoms with E-state index in [0.29, 0.717) is 6.42 Å². The van der Waals surface area contributed by atoms with Gasteiger partial charge in [-0.05, 0) is 20.3 Å². The number of carbonyl (C=O) groups is 2. The third-order valence-electron chi connectivity index (χ3n) is 3.55. The molecule has 2 atom stereocenters. The van der Waals surface area contributed by atoms with E-state index < -0.39 is 0 Å². The van der Waals surface area contributed by atoms with Crippen molar-refractivity contribution in [3.8, 4) is 0 Å². The second kappa shape index (κ2) is 7.39. The van der Waals surface area contributed by atoms with Gasteiger partial charge >= 0.3 is 0 Å². The Balaban J connectivity index is 2.45. The number of unbranched alkanes of at least 4 members (excludes halogenated alkanes) is 4. The van der Waals surface area contributed by atoms with Crippen molar-refractivity contribution in [1.82, 2.24) is 10.2 Å². The lowest BCUT2D eigenvalue weighted by Gasteiger charge is -2.27. The Labute approximate surface area is 110 Å². The number of nitrogens with zero attached hydrogens (tertiary/aromatic N) is 1. The first kappa shape index (κ1) is 15.0. The Morgan fingerprint density at radius 3 is 2.50 bits per heavy atom. The van der Waals surface area contributed by atoms with Crippen molar-refractivity contribution in [2.45, 2.75) is 71.4 Å². The maximum absolute atomic E-state index is 12.1. The fraction of sp³-hybridized carbons (Fsp3) is 0.857. The molecule has 1 aliphatic rings. The van der Waals surface area contributed by atoms with Gasteiger partial charge in [-0.2, -0.15) is 0 Å². The van der Waals surface area contributed by atoms with Crippen molar-refractivity contribution in [1.29, 1.82) is 0 Å². The molecule has 0 aliphatic carbocycles. The van der Waals surface area contributed by atoms with E-state index in [1.165, 1.54) is 25.7 Å². The van der Waals surface area contributed by atoms with E-state index in [4.69, 9.17) is 0 Å². The first-order valence-corrected chi connectivity index (χ1v) is 7.16. The van der Waals surface area contributed by atoms with E-state index in [1.807, 2.05) is 11.8 Å². The summed E-state index contributed by atoms with van der Waals surface area (Å²) < 4.78 is 0. The minimum atomic E-state index is -0.377. The number of rotatable bonds is 6. The lowest BCUT2D eigenvalue weighted by molar-refractivity contribution is -0.134. The highest BCUT2D eigenvalue weighted by Crippen LogP contribution is 2.13. The van der Waals surface area contributed by atoms with Crippen LogP contribution in [0.1, 0.15) is 59.3 Å². The van der Waals surface area contributed by atoms with Crippen LogP contribution in [0.2, 0.25) is 0 Å². The fourth-order valence-corrected chi connectivity index (χ4v) is 2.42. The van der Waals surface area contributed by atoms with Crippen LogP contribution in [-0.4, -0.2) is 35.3 Å². The summed E-state index contributed by atoms with van der Waals surface area (Å²) in [5.74, 6) is 0.0423. The standard InChI is InChI=1S/C14H26N2O2/c1-4-5-6-7-8-9-16-11(2)10-13(17)15-12(3)14(16)18/h11-12H,4-10H2,1-3H3,(H,15,17). The van der Waals surface area contributed by atoms with Crippen molar-refractivity contribution < 1.29 is 9.59 Å². The number of carbonyl (C=O) groups excluding carboxylic acids is 2. The van der Waals surface area contributed by atoms with Gasteiger partial charge in [0.1, 0.15) is 6.04 Å². The second-order valence-electron chi connectivity index (χ2n) is 5.29. The van der Waals surface area contributed by atoms with E-state index in [1.54, 1.807) is 6.92 Å². The average molecular weight is 254 g/mol. The zero-order valence-electron chi connectivity index (χ0n) is 11.9. The van der Waals surface area contributed by atoms with Crippen LogP contribution in [0.4, 0.5) is 0 Å². The van der Waals surface area contributed by atoms with E-state index in [9.17, 15) is 9.59 Å². The molecule has 0 aromatic carbocycles. The molecule has 1 fully saturated rings. The van der Waals surface area contributed by atoms with Gasteiger partial charge in [0.15, 0.2) is 0 Å². The Morgan fingerprint density at radius 1 is 1.17 bits per heavy atom. The lowest BCUT2D eigenvalue weighted by atomic mass is 10.1. The van der Waals surface area contributed by atoms with Crippen LogP contribution in [0.15, 0.2) is 0 Å². The number of nitrogens with one attached hydrogen (secondary N) is 1. The van der Waals surface area contributed by atoms with Crippen molar-refractivity contribution in [3.05, 3.63) is 0 Å². The molecule has 2 amide bonds. The predicted molar refractivity (Wildman–Crippen MR) is 72.2 cm³/mol. The summed E-state index contributed by atoms with van der Waals surface area (Å²) in [7, 11) is 0. The summed E-state index contributed by atoms with van der Waals surface area (Å²) >= 11 is 0. The van der Waals surface area contributed by atoms with Crippen LogP contribution in [0.25, 0.3) is 0 Å². The molecule has 104 valence electrons. The molecular formula is C14H26N2O2. The van der Waals surface area contributed by atoms with E-state index >= 15 is 0 Å². The SMILES string of the molecule is CCCCCCCN1C(=O)C(C)NC(=O)CC1C. The van der Waals surface area contributed by atoms with Crippen LogP contribution in [0, 0.1) is 0 Å². The summed E-state index contributed by atoms with van der Waals surface area (Å²) in [4.78, 5) is 25.5. The van der Waals surface area contributed by atoms with Crippen LogP contribution in [0.5, 0.6) is 0 Å². The van der Waals surface area contributed by atoms with Gasteiger partial charge in [0.25, 0.3) is 0 Å². The summed E-state index contributed by atoms with van der Waals surface area (Å²) in [6.45, 7) is 6.70. The molecule has 1 saturated heterocycles. The maximum atomic E-state index is 12.1. The molecule has 1 N–H and O–H groups in total. The highest BCUT2D eigenvalue weighted by molar-refractivity contribution is 5.90. The highest BCUT2D eigenvalue weighted by Gasteiger charge is 2.30. The molecule has 1 aliphatic heterocycles. The second-order valence-corrected chi connectivity index (χ2v) is 5.29. The Morgan fingerprint density at radius 2 is 1.83 bits per heavy atom. The van der Waals surface area contributed by atoms with Crippen LogP contribution in [0.3, 0.4) is 0 Å². The lowest BCUT2D eigenvalue weighted by Crippen LogP contribution is -2.45. The number of hydrogen-bond donors (Lipinski definition) is 1. The zero-order valence-corrected chi connectivity index (χ0v) is 11.9. The van der Waals surface area contributed by atoms with Crippen molar-refractivity contribution in [2.24, 2.45) is 0 Å². The van der Waals surface area contributed by atoms with Gasteiger partial charge in [0.2, 0.25) is 11.8 Å². The zero-order chi connectivity index (χ0) is 13.5. The van der Waals surface area contributed by atoms with E-state index in [2.05, 4.69) is 12.2 Å². The minimum absolute atomic E-state index is 0.0168. The van der Waals surface area contributed by atoms with Crippen LogP contribution >= 0.6 is 0 Å². The van der Waals surface area contributed by atoms with Gasteiger partial charge in [-0.1, -0.05) is 32.6 Å². The van der Waals surface area contributed by atoms with Crippen molar-refractivity contribution in [2.75, 3.05) is 6.54 Å². The summed E-state index contributed by atoms with van der Waals surface area (Å²) in [5.41, 5.74) is 0. The Hall–Kier alpha value is -1.06. The van der Waals surface area contributed by atoms with Gasteiger partial charge in [0, 0.05) is 19.0 Å². The highest BCUT2D eigenvalue weighted by atomic mass is 16.2. The maximum Gasteiger partial charge on any atom is 0.245 e. The third kappa shape index (κ3) is 4.31. The molecular weight excluding hydrogens is 228 g/mol. The Kier molecular flexibility index (Phi) is 6.16. The molecule has 4 heteroatoms. The topological polar surface area (TPSA) is 49.4 Å². The molecule has 4 nitrogen and oxygen atoms in total. The average Bonchev–Trinajstić information content (AvgIpc) is 2.39. The van der Waals surface area contributed by atoms with Gasteiger partial charge in [0.05, 0.1) is 0 Å². The smallest absolute Gasteiger partial charge is 0.245 e.